The summed E-state index contributed by atoms with van der Waals surface area (Å²) in [6, 6.07) is 4.50. The third kappa shape index (κ3) is 3.70. The number of halogens is 1. The van der Waals surface area contributed by atoms with Gasteiger partial charge in [0.25, 0.3) is 5.91 Å². The molecule has 1 aliphatic rings. The molecule has 1 amide bonds. The highest BCUT2D eigenvalue weighted by Crippen LogP contribution is 2.23. The molecule has 2 unspecified atom stereocenters. The number of carbonyl (C=O) groups is 1. The Hall–Kier alpha value is -1.07. The standard InChI is InChI=1S/C14H18BrNO3/c15-9-6-7-12(17)10(8-9)14(19)16-11-4-2-1-3-5-13(11)18/h6-8,11,13,17-18H,1-5H2,(H,16,19). The van der Waals surface area contributed by atoms with Crippen molar-refractivity contribution in [2.45, 2.75) is 44.2 Å². The van der Waals surface area contributed by atoms with E-state index in [0.29, 0.717) is 0 Å². The van der Waals surface area contributed by atoms with Crippen LogP contribution >= 0.6 is 15.9 Å². The van der Waals surface area contributed by atoms with Crippen LogP contribution in [0.5, 0.6) is 5.75 Å². The van der Waals surface area contributed by atoms with Crippen molar-refractivity contribution >= 4 is 21.8 Å². The molecular weight excluding hydrogens is 310 g/mol. The first-order valence-corrected chi connectivity index (χ1v) is 7.34. The van der Waals surface area contributed by atoms with Crippen molar-refractivity contribution in [3.63, 3.8) is 0 Å². The van der Waals surface area contributed by atoms with Crippen molar-refractivity contribution < 1.29 is 15.0 Å². The first-order chi connectivity index (χ1) is 9.08. The summed E-state index contributed by atoms with van der Waals surface area (Å²) >= 11 is 3.27. The second-order valence-electron chi connectivity index (χ2n) is 4.95. The lowest BCUT2D eigenvalue weighted by atomic mass is 10.1. The van der Waals surface area contributed by atoms with Crippen LogP contribution in [0.3, 0.4) is 0 Å². The van der Waals surface area contributed by atoms with Gasteiger partial charge in [-0.05, 0) is 31.0 Å². The topological polar surface area (TPSA) is 69.6 Å². The number of amides is 1. The molecule has 4 nitrogen and oxygen atoms in total. The molecule has 104 valence electrons. The number of carbonyl (C=O) groups excluding carboxylic acids is 1. The van der Waals surface area contributed by atoms with E-state index in [0.717, 1.165) is 36.6 Å². The SMILES string of the molecule is O=C(NC1CCCCCC1O)c1cc(Br)ccc1O. The molecule has 0 aliphatic heterocycles. The predicted octanol–water partition coefficient (Wildman–Crippen LogP) is 2.58. The lowest BCUT2D eigenvalue weighted by molar-refractivity contribution is 0.0816. The Morgan fingerprint density at radius 1 is 1.26 bits per heavy atom. The van der Waals surface area contributed by atoms with E-state index in [1.54, 1.807) is 12.1 Å². The summed E-state index contributed by atoms with van der Waals surface area (Å²) in [5.74, 6) is -0.395. The summed E-state index contributed by atoms with van der Waals surface area (Å²) in [6.07, 6.45) is 4.09. The first kappa shape index (κ1) is 14.3. The summed E-state index contributed by atoms with van der Waals surface area (Å²) < 4.78 is 0.733. The van der Waals surface area contributed by atoms with Gasteiger partial charge in [0, 0.05) is 4.47 Å². The molecule has 0 bridgehead atoms. The average molecular weight is 328 g/mol. The van der Waals surface area contributed by atoms with Crippen LogP contribution in [0.1, 0.15) is 42.5 Å². The number of aliphatic hydroxyl groups excluding tert-OH is 1. The molecule has 1 aromatic rings. The second-order valence-corrected chi connectivity index (χ2v) is 5.86. The van der Waals surface area contributed by atoms with E-state index < -0.39 is 6.10 Å². The Bertz CT molecular complexity index is 464. The molecule has 2 atom stereocenters. The van der Waals surface area contributed by atoms with Gasteiger partial charge in [-0.25, -0.2) is 0 Å². The zero-order valence-corrected chi connectivity index (χ0v) is 12.2. The molecule has 0 aromatic heterocycles. The zero-order chi connectivity index (χ0) is 13.8. The van der Waals surface area contributed by atoms with E-state index in [4.69, 9.17) is 0 Å². The number of nitrogens with one attached hydrogen (secondary N) is 1. The van der Waals surface area contributed by atoms with Crippen molar-refractivity contribution in [2.24, 2.45) is 0 Å². The number of phenolic OH excluding ortho intramolecular Hbond substituents is 1. The minimum atomic E-state index is -0.499. The molecule has 1 saturated carbocycles. The van der Waals surface area contributed by atoms with E-state index in [9.17, 15) is 15.0 Å². The molecule has 1 aromatic carbocycles. The second kappa shape index (κ2) is 6.39. The van der Waals surface area contributed by atoms with Gasteiger partial charge in [0.15, 0.2) is 0 Å². The molecule has 19 heavy (non-hydrogen) atoms. The molecule has 1 fully saturated rings. The number of aliphatic hydroxyl groups is 1. The third-order valence-electron chi connectivity index (χ3n) is 3.50. The van der Waals surface area contributed by atoms with Crippen LogP contribution in [0, 0.1) is 0 Å². The van der Waals surface area contributed by atoms with Crippen molar-refractivity contribution in [2.75, 3.05) is 0 Å². The number of hydrogen-bond donors (Lipinski definition) is 3. The maximum Gasteiger partial charge on any atom is 0.255 e. The van der Waals surface area contributed by atoms with Crippen molar-refractivity contribution in [3.8, 4) is 5.75 Å². The van der Waals surface area contributed by atoms with Crippen LogP contribution in [-0.2, 0) is 0 Å². The molecule has 2 rings (SSSR count). The van der Waals surface area contributed by atoms with Gasteiger partial charge in [0.1, 0.15) is 5.75 Å². The summed E-state index contributed by atoms with van der Waals surface area (Å²) in [6.45, 7) is 0. The van der Waals surface area contributed by atoms with Crippen molar-refractivity contribution in [1.29, 1.82) is 0 Å². The molecule has 0 heterocycles. The van der Waals surface area contributed by atoms with Gasteiger partial charge in [-0.15, -0.1) is 0 Å². The van der Waals surface area contributed by atoms with Gasteiger partial charge >= 0.3 is 0 Å². The highest BCUT2D eigenvalue weighted by atomic mass is 79.9. The van der Waals surface area contributed by atoms with Gasteiger partial charge in [0.2, 0.25) is 0 Å². The summed E-state index contributed by atoms with van der Waals surface area (Å²) in [5, 5.41) is 22.5. The molecule has 5 heteroatoms. The Morgan fingerprint density at radius 2 is 2.00 bits per heavy atom. The normalized spacial score (nSPS) is 23.7. The monoisotopic (exact) mass is 327 g/mol. The third-order valence-corrected chi connectivity index (χ3v) is 3.99. The molecule has 3 N–H and O–H groups in total. The number of rotatable bonds is 2. The number of hydrogen-bond acceptors (Lipinski definition) is 3. The predicted molar refractivity (Wildman–Crippen MR) is 76.2 cm³/mol. The van der Waals surface area contributed by atoms with Gasteiger partial charge in [-0.1, -0.05) is 35.2 Å². The average Bonchev–Trinajstić information content (AvgIpc) is 2.58. The molecule has 0 radical (unpaired) electrons. The van der Waals surface area contributed by atoms with Crippen molar-refractivity contribution in [1.82, 2.24) is 5.32 Å². The fourth-order valence-corrected chi connectivity index (χ4v) is 2.75. The largest absolute Gasteiger partial charge is 0.507 e. The van der Waals surface area contributed by atoms with Crippen molar-refractivity contribution in [3.05, 3.63) is 28.2 Å². The van der Waals surface area contributed by atoms with Crippen LogP contribution in [0.4, 0.5) is 0 Å². The Morgan fingerprint density at radius 3 is 2.79 bits per heavy atom. The minimum Gasteiger partial charge on any atom is -0.507 e. The maximum atomic E-state index is 12.1. The van der Waals surface area contributed by atoms with E-state index in [-0.39, 0.29) is 23.3 Å². The van der Waals surface area contributed by atoms with E-state index in [2.05, 4.69) is 21.2 Å². The molecule has 0 saturated heterocycles. The van der Waals surface area contributed by atoms with Gasteiger partial charge in [-0.3, -0.25) is 4.79 Å². The zero-order valence-electron chi connectivity index (χ0n) is 10.6. The maximum absolute atomic E-state index is 12.1. The number of benzene rings is 1. The Labute approximate surface area is 121 Å². The summed E-state index contributed by atoms with van der Waals surface area (Å²) in [4.78, 5) is 12.1. The molecular formula is C14H18BrNO3. The van der Waals surface area contributed by atoms with Crippen LogP contribution in [0.2, 0.25) is 0 Å². The number of phenols is 1. The molecule has 1 aliphatic carbocycles. The van der Waals surface area contributed by atoms with Crippen LogP contribution < -0.4 is 5.32 Å². The summed E-state index contributed by atoms with van der Waals surface area (Å²) in [5.41, 5.74) is 0.228. The summed E-state index contributed by atoms with van der Waals surface area (Å²) in [7, 11) is 0. The van der Waals surface area contributed by atoms with E-state index >= 15 is 0 Å². The minimum absolute atomic E-state index is 0.0520. The van der Waals surface area contributed by atoms with E-state index in [1.807, 2.05) is 0 Å². The smallest absolute Gasteiger partial charge is 0.255 e. The van der Waals surface area contributed by atoms with Gasteiger partial charge < -0.3 is 15.5 Å². The fraction of sp³-hybridized carbons (Fsp3) is 0.500. The first-order valence-electron chi connectivity index (χ1n) is 6.55. The fourth-order valence-electron chi connectivity index (χ4n) is 2.39. The Balaban J connectivity index is 2.09. The highest BCUT2D eigenvalue weighted by molar-refractivity contribution is 9.10. The van der Waals surface area contributed by atoms with Gasteiger partial charge in [0.05, 0.1) is 17.7 Å². The highest BCUT2D eigenvalue weighted by Gasteiger charge is 2.24. The van der Waals surface area contributed by atoms with Crippen LogP contribution in [0.25, 0.3) is 0 Å². The van der Waals surface area contributed by atoms with Crippen LogP contribution in [-0.4, -0.2) is 28.3 Å². The quantitative estimate of drug-likeness (QED) is 0.731. The van der Waals surface area contributed by atoms with Gasteiger partial charge in [-0.2, -0.15) is 0 Å². The number of aromatic hydroxyl groups is 1. The van der Waals surface area contributed by atoms with Crippen LogP contribution in [0.15, 0.2) is 22.7 Å². The lowest BCUT2D eigenvalue weighted by Gasteiger charge is -2.22. The Kier molecular flexibility index (Phi) is 4.82. The van der Waals surface area contributed by atoms with E-state index in [1.165, 1.54) is 6.07 Å². The lowest BCUT2D eigenvalue weighted by Crippen LogP contribution is -2.42. The molecule has 0 spiro atoms.